The number of phenolic OH excluding ortho intramolecular Hbond substituents is 1. The standard InChI is InChI=1S/C19H20N2O2/c1-12-10-13(2)14-7-5-8-17(16(14)11-12)20-21-19(23)15-6-3-4-9-18(15)22/h3-4,6,8-11,20,22H,5,7H2,1-2H3,(H,21,23). The van der Waals surface area contributed by atoms with Crippen molar-refractivity contribution in [2.75, 3.05) is 0 Å². The molecule has 0 aliphatic heterocycles. The van der Waals surface area contributed by atoms with Gasteiger partial charge in [0.2, 0.25) is 0 Å². The van der Waals surface area contributed by atoms with Gasteiger partial charge in [-0.2, -0.15) is 0 Å². The first-order chi connectivity index (χ1) is 11.1. The van der Waals surface area contributed by atoms with Crippen LogP contribution in [0.3, 0.4) is 0 Å². The van der Waals surface area contributed by atoms with Gasteiger partial charge in [0.25, 0.3) is 5.91 Å². The van der Waals surface area contributed by atoms with E-state index in [2.05, 4.69) is 42.9 Å². The third-order valence-electron chi connectivity index (χ3n) is 4.11. The average Bonchev–Trinajstić information content (AvgIpc) is 2.53. The Labute approximate surface area is 135 Å². The number of hydrogen-bond donors (Lipinski definition) is 3. The average molecular weight is 308 g/mol. The summed E-state index contributed by atoms with van der Waals surface area (Å²) in [6.07, 6.45) is 4.04. The fourth-order valence-electron chi connectivity index (χ4n) is 3.02. The monoisotopic (exact) mass is 308 g/mol. The van der Waals surface area contributed by atoms with Crippen LogP contribution in [-0.4, -0.2) is 11.0 Å². The summed E-state index contributed by atoms with van der Waals surface area (Å²) in [7, 11) is 0. The van der Waals surface area contributed by atoms with E-state index < -0.39 is 0 Å². The number of benzene rings is 2. The minimum atomic E-state index is -0.361. The molecule has 0 saturated carbocycles. The first-order valence-electron chi connectivity index (χ1n) is 7.71. The Morgan fingerprint density at radius 1 is 1.17 bits per heavy atom. The molecular formula is C19H20N2O2. The molecule has 0 saturated heterocycles. The zero-order valence-corrected chi connectivity index (χ0v) is 13.3. The SMILES string of the molecule is Cc1cc(C)c2c(c1)C(NNC(=O)c1ccccc1O)=CCC2. The molecule has 0 aromatic heterocycles. The van der Waals surface area contributed by atoms with Gasteiger partial charge in [-0.05, 0) is 56.0 Å². The van der Waals surface area contributed by atoms with E-state index in [9.17, 15) is 9.90 Å². The molecule has 4 nitrogen and oxygen atoms in total. The summed E-state index contributed by atoms with van der Waals surface area (Å²) in [6.45, 7) is 4.19. The van der Waals surface area contributed by atoms with Crippen molar-refractivity contribution in [3.05, 3.63) is 70.3 Å². The summed E-state index contributed by atoms with van der Waals surface area (Å²) in [5.74, 6) is -0.392. The zero-order chi connectivity index (χ0) is 16.4. The molecule has 0 heterocycles. The molecule has 0 unspecified atom stereocenters. The summed E-state index contributed by atoms with van der Waals surface area (Å²) in [6, 6.07) is 10.8. The van der Waals surface area contributed by atoms with Gasteiger partial charge in [-0.25, -0.2) is 0 Å². The maximum atomic E-state index is 12.2. The van der Waals surface area contributed by atoms with Gasteiger partial charge < -0.3 is 5.11 Å². The number of hydrazine groups is 1. The molecule has 1 aliphatic rings. The van der Waals surface area contributed by atoms with Crippen LogP contribution in [0, 0.1) is 13.8 Å². The van der Waals surface area contributed by atoms with E-state index in [0.29, 0.717) is 0 Å². The molecule has 0 fully saturated rings. The van der Waals surface area contributed by atoms with Crippen molar-refractivity contribution in [3.8, 4) is 5.75 Å². The topological polar surface area (TPSA) is 61.4 Å². The van der Waals surface area contributed by atoms with Gasteiger partial charge >= 0.3 is 0 Å². The number of phenols is 1. The molecule has 0 radical (unpaired) electrons. The van der Waals surface area contributed by atoms with Crippen molar-refractivity contribution in [3.63, 3.8) is 0 Å². The minimum absolute atomic E-state index is 0.0310. The van der Waals surface area contributed by atoms with Gasteiger partial charge in [0.15, 0.2) is 0 Å². The fraction of sp³-hybridized carbons (Fsp3) is 0.211. The smallest absolute Gasteiger partial charge is 0.273 e. The number of carbonyl (C=O) groups excluding carboxylic acids is 1. The Kier molecular flexibility index (Phi) is 4.06. The molecule has 3 rings (SSSR count). The zero-order valence-electron chi connectivity index (χ0n) is 13.3. The quantitative estimate of drug-likeness (QED) is 0.763. The van der Waals surface area contributed by atoms with Crippen LogP contribution in [0.4, 0.5) is 0 Å². The first kappa shape index (κ1) is 15.2. The van der Waals surface area contributed by atoms with E-state index in [4.69, 9.17) is 0 Å². The fourth-order valence-corrected chi connectivity index (χ4v) is 3.02. The van der Waals surface area contributed by atoms with Gasteiger partial charge in [0.05, 0.1) is 11.3 Å². The van der Waals surface area contributed by atoms with Crippen LogP contribution in [0.5, 0.6) is 5.75 Å². The van der Waals surface area contributed by atoms with E-state index in [0.717, 1.165) is 24.1 Å². The molecule has 23 heavy (non-hydrogen) atoms. The number of fused-ring (bicyclic) bond motifs is 1. The highest BCUT2D eigenvalue weighted by atomic mass is 16.3. The second-order valence-corrected chi connectivity index (χ2v) is 5.86. The van der Waals surface area contributed by atoms with E-state index in [1.54, 1.807) is 18.2 Å². The Morgan fingerprint density at radius 2 is 1.96 bits per heavy atom. The van der Waals surface area contributed by atoms with Gasteiger partial charge in [-0.3, -0.25) is 15.6 Å². The highest BCUT2D eigenvalue weighted by Crippen LogP contribution is 2.28. The van der Waals surface area contributed by atoms with Crippen molar-refractivity contribution < 1.29 is 9.90 Å². The van der Waals surface area contributed by atoms with Crippen molar-refractivity contribution in [1.82, 2.24) is 10.9 Å². The van der Waals surface area contributed by atoms with Crippen LogP contribution in [-0.2, 0) is 6.42 Å². The highest BCUT2D eigenvalue weighted by molar-refractivity contribution is 5.97. The molecule has 4 heteroatoms. The molecule has 0 spiro atoms. The molecule has 118 valence electrons. The van der Waals surface area contributed by atoms with Gasteiger partial charge in [-0.1, -0.05) is 29.8 Å². The lowest BCUT2D eigenvalue weighted by Crippen LogP contribution is -2.36. The number of carbonyl (C=O) groups is 1. The third kappa shape index (κ3) is 3.06. The number of nitrogens with one attached hydrogen (secondary N) is 2. The number of rotatable bonds is 3. The third-order valence-corrected chi connectivity index (χ3v) is 4.11. The number of aromatic hydroxyl groups is 1. The minimum Gasteiger partial charge on any atom is -0.507 e. The predicted molar refractivity (Wildman–Crippen MR) is 90.9 cm³/mol. The number of aryl methyl sites for hydroxylation is 2. The normalized spacial score (nSPS) is 13.0. The van der Waals surface area contributed by atoms with E-state index in [1.165, 1.54) is 22.8 Å². The lowest BCUT2D eigenvalue weighted by Gasteiger charge is -2.22. The molecule has 2 aromatic carbocycles. The van der Waals surface area contributed by atoms with Crippen LogP contribution in [0.25, 0.3) is 5.70 Å². The van der Waals surface area contributed by atoms with Crippen molar-refractivity contribution in [2.45, 2.75) is 26.7 Å². The van der Waals surface area contributed by atoms with Crippen molar-refractivity contribution in [2.24, 2.45) is 0 Å². The lowest BCUT2D eigenvalue weighted by molar-refractivity contribution is 0.0939. The molecular weight excluding hydrogens is 288 g/mol. The predicted octanol–water partition coefficient (Wildman–Crippen LogP) is 3.23. The van der Waals surface area contributed by atoms with Crippen LogP contribution < -0.4 is 10.9 Å². The second-order valence-electron chi connectivity index (χ2n) is 5.86. The lowest BCUT2D eigenvalue weighted by atomic mass is 9.89. The van der Waals surface area contributed by atoms with Gasteiger partial charge in [-0.15, -0.1) is 0 Å². The van der Waals surface area contributed by atoms with Crippen LogP contribution in [0.1, 0.15) is 39.0 Å². The van der Waals surface area contributed by atoms with Crippen LogP contribution >= 0.6 is 0 Å². The van der Waals surface area contributed by atoms with E-state index in [1.807, 2.05) is 0 Å². The first-order valence-corrected chi connectivity index (χ1v) is 7.71. The molecule has 0 atom stereocenters. The molecule has 3 N–H and O–H groups in total. The number of allylic oxidation sites excluding steroid dienone is 1. The largest absolute Gasteiger partial charge is 0.507 e. The molecule has 2 aromatic rings. The van der Waals surface area contributed by atoms with Gasteiger partial charge in [0, 0.05) is 5.56 Å². The summed E-state index contributed by atoms with van der Waals surface area (Å²) in [5, 5.41) is 9.75. The highest BCUT2D eigenvalue weighted by Gasteiger charge is 2.16. The summed E-state index contributed by atoms with van der Waals surface area (Å²) < 4.78 is 0. The number of amides is 1. The summed E-state index contributed by atoms with van der Waals surface area (Å²) in [4.78, 5) is 12.2. The molecule has 0 bridgehead atoms. The Morgan fingerprint density at radius 3 is 2.74 bits per heavy atom. The maximum Gasteiger partial charge on any atom is 0.273 e. The molecule has 1 amide bonds. The number of para-hydroxylation sites is 1. The van der Waals surface area contributed by atoms with Crippen LogP contribution in [0.2, 0.25) is 0 Å². The number of hydrogen-bond acceptors (Lipinski definition) is 3. The second kappa shape index (κ2) is 6.16. The Bertz CT molecular complexity index is 794. The van der Waals surface area contributed by atoms with Crippen molar-refractivity contribution >= 4 is 11.6 Å². The van der Waals surface area contributed by atoms with Gasteiger partial charge in [0.1, 0.15) is 5.75 Å². The van der Waals surface area contributed by atoms with Crippen molar-refractivity contribution in [1.29, 1.82) is 0 Å². The van der Waals surface area contributed by atoms with Crippen LogP contribution in [0.15, 0.2) is 42.5 Å². The Balaban J connectivity index is 1.79. The Hall–Kier alpha value is -2.75. The van der Waals surface area contributed by atoms with E-state index >= 15 is 0 Å². The maximum absolute atomic E-state index is 12.2. The molecule has 1 aliphatic carbocycles. The summed E-state index contributed by atoms with van der Waals surface area (Å²) in [5.41, 5.74) is 11.8. The van der Waals surface area contributed by atoms with E-state index in [-0.39, 0.29) is 17.2 Å². The summed E-state index contributed by atoms with van der Waals surface area (Å²) >= 11 is 0.